The van der Waals surface area contributed by atoms with Crippen molar-refractivity contribution in [2.75, 3.05) is 0 Å². The van der Waals surface area contributed by atoms with Gasteiger partial charge in [0, 0.05) is 6.04 Å². The molecule has 0 aromatic rings. The Morgan fingerprint density at radius 1 is 0.944 bits per heavy atom. The van der Waals surface area contributed by atoms with Crippen molar-refractivity contribution in [3.05, 3.63) is 0 Å². The summed E-state index contributed by atoms with van der Waals surface area (Å²) in [6.07, 6.45) is 3.75. The molecule has 1 aliphatic carbocycles. The molecule has 4 atom stereocenters. The quantitative estimate of drug-likeness (QED) is 0.573. The van der Waals surface area contributed by atoms with Crippen molar-refractivity contribution in [3.8, 4) is 0 Å². The van der Waals surface area contributed by atoms with Gasteiger partial charge in [-0.25, -0.2) is 0 Å². The summed E-state index contributed by atoms with van der Waals surface area (Å²) in [6, 6.07) is -0.448. The van der Waals surface area contributed by atoms with Gasteiger partial charge in [0.25, 0.3) is 0 Å². The van der Waals surface area contributed by atoms with Crippen molar-refractivity contribution in [1.82, 2.24) is 0 Å². The van der Waals surface area contributed by atoms with Gasteiger partial charge in [0.2, 0.25) is 0 Å². The van der Waals surface area contributed by atoms with Gasteiger partial charge in [-0.1, -0.05) is 46.0 Å². The highest BCUT2D eigenvalue weighted by molar-refractivity contribution is 4.86. The van der Waals surface area contributed by atoms with Crippen LogP contribution >= 0.6 is 0 Å². The zero-order chi connectivity index (χ0) is 13.7. The van der Waals surface area contributed by atoms with Crippen molar-refractivity contribution in [3.63, 3.8) is 0 Å². The molecule has 1 saturated carbocycles. The molecule has 5 N–H and O–H groups in total. The summed E-state index contributed by atoms with van der Waals surface area (Å²) in [4.78, 5) is 0. The van der Waals surface area contributed by atoms with Crippen LogP contribution in [-0.4, -0.2) is 39.7 Å². The van der Waals surface area contributed by atoms with Crippen LogP contribution in [0.15, 0.2) is 0 Å². The summed E-state index contributed by atoms with van der Waals surface area (Å²) in [5, 5.41) is 29.6. The maximum atomic E-state index is 10.0. The molecule has 0 aromatic heterocycles. The maximum absolute atomic E-state index is 10.0. The number of nitrogens with two attached hydrogens (primary N) is 1. The van der Waals surface area contributed by atoms with E-state index in [1.54, 1.807) is 0 Å². The number of aliphatic hydroxyl groups excluding tert-OH is 3. The van der Waals surface area contributed by atoms with Gasteiger partial charge in [0.15, 0.2) is 0 Å². The Balaban J connectivity index is 2.41. The average Bonchev–Trinajstić information content (AvgIpc) is 2.37. The lowest BCUT2D eigenvalue weighted by Crippen LogP contribution is -2.50. The second-order valence-electron chi connectivity index (χ2n) is 6.12. The third-order valence-electron chi connectivity index (χ3n) is 4.15. The average molecular weight is 259 g/mol. The molecule has 0 aromatic carbocycles. The minimum atomic E-state index is -1.15. The standard InChI is InChI=1S/C14H29NO3/c1-9(2)12(16)14(18)13(17)11(15)8-10-6-4-3-5-7-10/h9-14,16-18H,3-8,15H2,1-2H3/t11-,12?,13?,14?/m0/s1. The van der Waals surface area contributed by atoms with Gasteiger partial charge < -0.3 is 21.1 Å². The molecule has 108 valence electrons. The van der Waals surface area contributed by atoms with Crippen LogP contribution in [-0.2, 0) is 0 Å². The van der Waals surface area contributed by atoms with Gasteiger partial charge in [-0.15, -0.1) is 0 Å². The minimum Gasteiger partial charge on any atom is -0.390 e. The SMILES string of the molecule is CC(C)C(O)C(O)C(O)[C@@H](N)CC1CCCCC1. The highest BCUT2D eigenvalue weighted by Crippen LogP contribution is 2.28. The van der Waals surface area contributed by atoms with Gasteiger partial charge >= 0.3 is 0 Å². The molecule has 4 heteroatoms. The van der Waals surface area contributed by atoms with Crippen LogP contribution in [0.3, 0.4) is 0 Å². The monoisotopic (exact) mass is 259 g/mol. The van der Waals surface area contributed by atoms with Crippen molar-refractivity contribution >= 4 is 0 Å². The summed E-state index contributed by atoms with van der Waals surface area (Å²) in [7, 11) is 0. The van der Waals surface area contributed by atoms with Crippen molar-refractivity contribution in [2.45, 2.75) is 76.7 Å². The third-order valence-corrected chi connectivity index (χ3v) is 4.15. The molecule has 4 nitrogen and oxygen atoms in total. The van der Waals surface area contributed by atoms with Gasteiger partial charge in [-0.3, -0.25) is 0 Å². The van der Waals surface area contributed by atoms with E-state index >= 15 is 0 Å². The number of rotatable bonds is 6. The highest BCUT2D eigenvalue weighted by atomic mass is 16.4. The van der Waals surface area contributed by atoms with E-state index in [1.165, 1.54) is 32.1 Å². The smallest absolute Gasteiger partial charge is 0.107 e. The maximum Gasteiger partial charge on any atom is 0.107 e. The summed E-state index contributed by atoms with van der Waals surface area (Å²) in [5.74, 6) is 0.475. The van der Waals surface area contributed by atoms with Gasteiger partial charge in [-0.05, 0) is 18.3 Å². The van der Waals surface area contributed by atoms with Crippen molar-refractivity contribution in [2.24, 2.45) is 17.6 Å². The first-order valence-corrected chi connectivity index (χ1v) is 7.23. The van der Waals surface area contributed by atoms with Gasteiger partial charge in [0.1, 0.15) is 6.10 Å². The normalized spacial score (nSPS) is 24.8. The Kier molecular flexibility index (Phi) is 6.57. The van der Waals surface area contributed by atoms with Crippen LogP contribution in [0.4, 0.5) is 0 Å². The molecule has 0 aliphatic heterocycles. The molecule has 0 amide bonds. The van der Waals surface area contributed by atoms with Crippen LogP contribution in [0.1, 0.15) is 52.4 Å². The van der Waals surface area contributed by atoms with E-state index in [4.69, 9.17) is 5.73 Å². The topological polar surface area (TPSA) is 86.7 Å². The van der Waals surface area contributed by atoms with E-state index < -0.39 is 24.4 Å². The number of hydrogen-bond donors (Lipinski definition) is 4. The Bertz CT molecular complexity index is 229. The first-order valence-electron chi connectivity index (χ1n) is 7.23. The molecule has 3 unspecified atom stereocenters. The lowest BCUT2D eigenvalue weighted by molar-refractivity contribution is -0.0850. The fraction of sp³-hybridized carbons (Fsp3) is 1.00. The zero-order valence-electron chi connectivity index (χ0n) is 11.6. The largest absolute Gasteiger partial charge is 0.390 e. The van der Waals surface area contributed by atoms with Crippen LogP contribution in [0.5, 0.6) is 0 Å². The molecular weight excluding hydrogens is 230 g/mol. The van der Waals surface area contributed by atoms with E-state index in [9.17, 15) is 15.3 Å². The summed E-state index contributed by atoms with van der Waals surface area (Å²) in [5.41, 5.74) is 5.97. The van der Waals surface area contributed by atoms with Crippen molar-refractivity contribution < 1.29 is 15.3 Å². The fourth-order valence-corrected chi connectivity index (χ4v) is 2.80. The molecule has 0 heterocycles. The molecule has 0 spiro atoms. The van der Waals surface area contributed by atoms with E-state index in [2.05, 4.69) is 0 Å². The summed E-state index contributed by atoms with van der Waals surface area (Å²) in [6.45, 7) is 3.63. The van der Waals surface area contributed by atoms with E-state index in [0.29, 0.717) is 5.92 Å². The minimum absolute atomic E-state index is 0.0865. The van der Waals surface area contributed by atoms with E-state index in [0.717, 1.165) is 6.42 Å². The van der Waals surface area contributed by atoms with Crippen LogP contribution < -0.4 is 5.73 Å². The van der Waals surface area contributed by atoms with Gasteiger partial charge in [0.05, 0.1) is 12.2 Å². The van der Waals surface area contributed by atoms with Crippen molar-refractivity contribution in [1.29, 1.82) is 0 Å². The molecule has 1 rings (SSSR count). The van der Waals surface area contributed by atoms with Gasteiger partial charge in [-0.2, -0.15) is 0 Å². The molecule has 1 fully saturated rings. The molecule has 0 saturated heterocycles. The summed E-state index contributed by atoms with van der Waals surface area (Å²) >= 11 is 0. The predicted molar refractivity (Wildman–Crippen MR) is 72.0 cm³/mol. The van der Waals surface area contributed by atoms with E-state index in [1.807, 2.05) is 13.8 Å². The molecule has 0 radical (unpaired) electrons. The Labute approximate surface area is 110 Å². The van der Waals surface area contributed by atoms with Crippen LogP contribution in [0.2, 0.25) is 0 Å². The number of aliphatic hydroxyl groups is 3. The second-order valence-corrected chi connectivity index (χ2v) is 6.12. The Hall–Kier alpha value is -0.160. The third kappa shape index (κ3) is 4.50. The second kappa shape index (κ2) is 7.43. The zero-order valence-corrected chi connectivity index (χ0v) is 11.6. The van der Waals surface area contributed by atoms with Crippen LogP contribution in [0, 0.1) is 11.8 Å². The lowest BCUT2D eigenvalue weighted by atomic mass is 9.82. The predicted octanol–water partition coefficient (Wildman–Crippen LogP) is 1.02. The lowest BCUT2D eigenvalue weighted by Gasteiger charge is -2.32. The first kappa shape index (κ1) is 15.9. The summed E-state index contributed by atoms with van der Waals surface area (Å²) < 4.78 is 0. The first-order chi connectivity index (χ1) is 8.43. The highest BCUT2D eigenvalue weighted by Gasteiger charge is 2.32. The number of hydrogen-bond acceptors (Lipinski definition) is 4. The molecule has 18 heavy (non-hydrogen) atoms. The molecule has 1 aliphatic rings. The molecular formula is C14H29NO3. The molecule has 0 bridgehead atoms. The Morgan fingerprint density at radius 3 is 2.00 bits per heavy atom. The van der Waals surface area contributed by atoms with E-state index in [-0.39, 0.29) is 5.92 Å². The fourth-order valence-electron chi connectivity index (χ4n) is 2.80. The van der Waals surface area contributed by atoms with Crippen LogP contribution in [0.25, 0.3) is 0 Å². The Morgan fingerprint density at radius 2 is 1.50 bits per heavy atom.